The Morgan fingerprint density at radius 1 is 1.29 bits per heavy atom. The number of amides is 1. The molecule has 1 aliphatic carbocycles. The van der Waals surface area contributed by atoms with Gasteiger partial charge >= 0.3 is 5.69 Å². The number of nitrogens with one attached hydrogen (secondary N) is 1. The lowest BCUT2D eigenvalue weighted by Gasteiger charge is -2.02. The molecule has 1 aromatic carbocycles. The maximum absolute atomic E-state index is 12.7. The number of benzene rings is 1. The second-order valence-corrected chi connectivity index (χ2v) is 7.91. The molecule has 0 bridgehead atoms. The van der Waals surface area contributed by atoms with Crippen molar-refractivity contribution in [3.8, 4) is 10.7 Å². The third-order valence-corrected chi connectivity index (χ3v) is 5.68. The summed E-state index contributed by atoms with van der Waals surface area (Å²) in [4.78, 5) is 25.7. The van der Waals surface area contributed by atoms with Crippen LogP contribution in [0, 0.1) is 0 Å². The summed E-state index contributed by atoms with van der Waals surface area (Å²) in [6.07, 6.45) is 5.12. The lowest BCUT2D eigenvalue weighted by Crippen LogP contribution is -2.31. The molecule has 8 heteroatoms. The van der Waals surface area contributed by atoms with Crippen molar-refractivity contribution in [1.82, 2.24) is 19.7 Å². The maximum Gasteiger partial charge on any atom is 0.346 e. The third-order valence-electron chi connectivity index (χ3n) is 4.47. The molecule has 144 valence electrons. The minimum Gasteiger partial charge on any atom is -0.351 e. The fourth-order valence-corrected chi connectivity index (χ4v) is 3.83. The zero-order valence-electron chi connectivity index (χ0n) is 15.0. The number of nitrogens with zero attached hydrogens (tertiary/aromatic N) is 3. The Labute approximate surface area is 171 Å². The zero-order chi connectivity index (χ0) is 19.5. The van der Waals surface area contributed by atoms with Crippen molar-refractivity contribution in [3.05, 3.63) is 68.9 Å². The van der Waals surface area contributed by atoms with Crippen LogP contribution in [-0.4, -0.2) is 26.8 Å². The summed E-state index contributed by atoms with van der Waals surface area (Å²) in [7, 11) is 0. The van der Waals surface area contributed by atoms with Gasteiger partial charge in [-0.25, -0.2) is 9.48 Å². The summed E-state index contributed by atoms with van der Waals surface area (Å²) in [6.45, 7) is 0.639. The molecule has 0 unspecified atom stereocenters. The molecule has 6 nitrogen and oxygen atoms in total. The topological polar surface area (TPSA) is 68.9 Å². The van der Waals surface area contributed by atoms with E-state index < -0.39 is 0 Å². The van der Waals surface area contributed by atoms with Crippen LogP contribution in [0.3, 0.4) is 0 Å². The SMILES string of the molecule is O=C(/C=C/c1ccccc1Cl)NCCn1nc(-c2cccs2)n(C2CC2)c1=O. The van der Waals surface area contributed by atoms with Crippen LogP contribution in [-0.2, 0) is 11.3 Å². The van der Waals surface area contributed by atoms with E-state index in [4.69, 9.17) is 11.6 Å². The van der Waals surface area contributed by atoms with Crippen LogP contribution in [0.1, 0.15) is 24.4 Å². The average Bonchev–Trinajstić information content (AvgIpc) is 3.26. The Morgan fingerprint density at radius 3 is 2.82 bits per heavy atom. The van der Waals surface area contributed by atoms with E-state index in [2.05, 4.69) is 10.4 Å². The molecule has 28 heavy (non-hydrogen) atoms. The highest BCUT2D eigenvalue weighted by atomic mass is 35.5. The van der Waals surface area contributed by atoms with Crippen molar-refractivity contribution in [2.45, 2.75) is 25.4 Å². The quantitative estimate of drug-likeness (QED) is 0.600. The van der Waals surface area contributed by atoms with Crippen molar-refractivity contribution >= 4 is 34.9 Å². The van der Waals surface area contributed by atoms with Crippen LogP contribution in [0.15, 0.2) is 52.6 Å². The fraction of sp³-hybridized carbons (Fsp3) is 0.250. The van der Waals surface area contributed by atoms with Gasteiger partial charge in [0.05, 0.1) is 11.4 Å². The molecule has 1 fully saturated rings. The van der Waals surface area contributed by atoms with Gasteiger partial charge in [-0.15, -0.1) is 16.4 Å². The van der Waals surface area contributed by atoms with Crippen molar-refractivity contribution in [2.75, 3.05) is 6.54 Å². The largest absolute Gasteiger partial charge is 0.351 e. The van der Waals surface area contributed by atoms with E-state index in [0.29, 0.717) is 23.9 Å². The number of thiophene rings is 1. The minimum absolute atomic E-state index is 0.119. The van der Waals surface area contributed by atoms with Gasteiger partial charge in [0.1, 0.15) is 0 Å². The van der Waals surface area contributed by atoms with Crippen LogP contribution < -0.4 is 11.0 Å². The second kappa shape index (κ2) is 8.16. The molecule has 4 rings (SSSR count). The van der Waals surface area contributed by atoms with Crippen LogP contribution in [0.4, 0.5) is 0 Å². The molecule has 2 heterocycles. The van der Waals surface area contributed by atoms with E-state index >= 15 is 0 Å². The normalized spacial score (nSPS) is 13.9. The summed E-state index contributed by atoms with van der Waals surface area (Å²) >= 11 is 7.64. The van der Waals surface area contributed by atoms with Crippen LogP contribution >= 0.6 is 22.9 Å². The van der Waals surface area contributed by atoms with Gasteiger partial charge < -0.3 is 5.32 Å². The molecule has 1 aliphatic rings. The van der Waals surface area contributed by atoms with Crippen LogP contribution in [0.5, 0.6) is 0 Å². The van der Waals surface area contributed by atoms with Crippen molar-refractivity contribution in [2.24, 2.45) is 0 Å². The van der Waals surface area contributed by atoms with E-state index in [0.717, 1.165) is 23.3 Å². The molecule has 3 aromatic rings. The smallest absolute Gasteiger partial charge is 0.346 e. The molecule has 0 atom stereocenters. The number of aromatic nitrogens is 3. The molecule has 1 amide bonds. The van der Waals surface area contributed by atoms with E-state index in [1.54, 1.807) is 28.0 Å². The zero-order valence-corrected chi connectivity index (χ0v) is 16.6. The summed E-state index contributed by atoms with van der Waals surface area (Å²) < 4.78 is 3.22. The molecule has 0 spiro atoms. The monoisotopic (exact) mass is 414 g/mol. The average molecular weight is 415 g/mol. The van der Waals surface area contributed by atoms with Gasteiger partial charge in [0, 0.05) is 23.7 Å². The Kier molecular flexibility index (Phi) is 5.45. The number of hydrogen-bond donors (Lipinski definition) is 1. The van der Waals surface area contributed by atoms with E-state index in [1.807, 2.05) is 35.7 Å². The highest BCUT2D eigenvalue weighted by molar-refractivity contribution is 7.13. The standard InChI is InChI=1S/C20H19ClN4O2S/c21-16-5-2-1-4-14(16)7-10-18(26)22-11-12-24-20(27)25(15-8-9-15)19(23-24)17-6-3-13-28-17/h1-7,10,13,15H,8-9,11-12H2,(H,22,26)/b10-7+. The third kappa shape index (κ3) is 4.10. The number of halogens is 1. The van der Waals surface area contributed by atoms with Gasteiger partial charge in [-0.2, -0.15) is 0 Å². The highest BCUT2D eigenvalue weighted by Crippen LogP contribution is 2.37. The summed E-state index contributed by atoms with van der Waals surface area (Å²) in [6, 6.07) is 11.5. The summed E-state index contributed by atoms with van der Waals surface area (Å²) in [5.74, 6) is 0.473. The van der Waals surface area contributed by atoms with Gasteiger partial charge in [-0.3, -0.25) is 9.36 Å². The molecular weight excluding hydrogens is 396 g/mol. The predicted molar refractivity (Wildman–Crippen MR) is 112 cm³/mol. The lowest BCUT2D eigenvalue weighted by atomic mass is 10.2. The molecule has 1 N–H and O–H groups in total. The van der Waals surface area contributed by atoms with Gasteiger partial charge in [0.15, 0.2) is 5.82 Å². The van der Waals surface area contributed by atoms with Crippen molar-refractivity contribution in [1.29, 1.82) is 0 Å². The number of rotatable bonds is 7. The summed E-state index contributed by atoms with van der Waals surface area (Å²) in [5, 5.41) is 9.85. The first-order valence-corrected chi connectivity index (χ1v) is 10.3. The van der Waals surface area contributed by atoms with Crippen LogP contribution in [0.25, 0.3) is 16.8 Å². The first-order valence-electron chi connectivity index (χ1n) is 9.07. The molecule has 0 aliphatic heterocycles. The molecule has 2 aromatic heterocycles. The van der Waals surface area contributed by atoms with Gasteiger partial charge in [0.25, 0.3) is 0 Å². The minimum atomic E-state index is -0.243. The molecule has 0 saturated heterocycles. The first kappa shape index (κ1) is 18.7. The van der Waals surface area contributed by atoms with Gasteiger partial charge in [-0.05, 0) is 42.0 Å². The lowest BCUT2D eigenvalue weighted by molar-refractivity contribution is -0.116. The summed E-state index contributed by atoms with van der Waals surface area (Å²) in [5.41, 5.74) is 0.658. The Bertz CT molecular complexity index is 1060. The van der Waals surface area contributed by atoms with E-state index in [1.165, 1.54) is 10.8 Å². The molecule has 1 saturated carbocycles. The number of carbonyl (C=O) groups is 1. The predicted octanol–water partition coefficient (Wildman–Crippen LogP) is 3.59. The number of hydrogen-bond acceptors (Lipinski definition) is 4. The molecular formula is C20H19ClN4O2S. The van der Waals surface area contributed by atoms with E-state index in [-0.39, 0.29) is 17.6 Å². The highest BCUT2D eigenvalue weighted by Gasteiger charge is 2.30. The Balaban J connectivity index is 1.40. The van der Waals surface area contributed by atoms with Crippen LogP contribution in [0.2, 0.25) is 5.02 Å². The Morgan fingerprint density at radius 2 is 2.11 bits per heavy atom. The molecule has 0 radical (unpaired) electrons. The van der Waals surface area contributed by atoms with Gasteiger partial charge in [0.2, 0.25) is 5.91 Å². The van der Waals surface area contributed by atoms with Gasteiger partial charge in [-0.1, -0.05) is 35.9 Å². The van der Waals surface area contributed by atoms with Crippen molar-refractivity contribution < 1.29 is 4.79 Å². The second-order valence-electron chi connectivity index (χ2n) is 6.55. The fourth-order valence-electron chi connectivity index (χ4n) is 2.92. The Hall–Kier alpha value is -2.64. The van der Waals surface area contributed by atoms with Crippen molar-refractivity contribution in [3.63, 3.8) is 0 Å². The maximum atomic E-state index is 12.7. The van der Waals surface area contributed by atoms with E-state index in [9.17, 15) is 9.59 Å². The number of carbonyl (C=O) groups excluding carboxylic acids is 1. The first-order chi connectivity index (χ1) is 13.6.